The summed E-state index contributed by atoms with van der Waals surface area (Å²) in [7, 11) is -0.0567. The summed E-state index contributed by atoms with van der Waals surface area (Å²) in [6, 6.07) is 0. The van der Waals surface area contributed by atoms with Crippen LogP contribution in [0.15, 0.2) is 0 Å². The third-order valence-electron chi connectivity index (χ3n) is 0.667. The van der Waals surface area contributed by atoms with E-state index < -0.39 is 40.0 Å². The molecule has 0 unspecified atom stereocenters. The van der Waals surface area contributed by atoms with Crippen molar-refractivity contribution >= 4 is 61.0 Å². The van der Waals surface area contributed by atoms with Crippen molar-refractivity contribution in [3.8, 4) is 0 Å². The van der Waals surface area contributed by atoms with Gasteiger partial charge in [0.2, 0.25) is 0 Å². The molecule has 0 aromatic carbocycles. The largest absolute Gasteiger partial charge is 0.447 e. The zero-order valence-corrected chi connectivity index (χ0v) is 14.8. The Hall–Kier alpha value is 1.10. The fraction of sp³-hybridized carbons (Fsp3) is 0. The van der Waals surface area contributed by atoms with Crippen LogP contribution in [0.3, 0.4) is 0 Å². The molecule has 0 atom stereocenters. The van der Waals surface area contributed by atoms with E-state index >= 15 is 0 Å². The molecule has 2 radical (unpaired) electrons. The van der Waals surface area contributed by atoms with E-state index in [0.29, 0.717) is 0 Å². The molecule has 0 aliphatic heterocycles. The number of hydrogen-bond donors (Lipinski definition) is 0. The third-order valence-corrected chi connectivity index (χ3v) is 6.00. The van der Waals surface area contributed by atoms with Crippen molar-refractivity contribution in [2.75, 3.05) is 0 Å². The molecular weight excluding hydrogens is 249 g/mol. The Morgan fingerprint density at radius 2 is 1.00 bits per heavy atom. The molecule has 0 amide bonds. The van der Waals surface area contributed by atoms with Gasteiger partial charge in [-0.2, -0.15) is 0 Å². The van der Waals surface area contributed by atoms with Crippen molar-refractivity contribution in [2.24, 2.45) is 0 Å². The maximum Gasteiger partial charge on any atom is 0.286 e. The third kappa shape index (κ3) is 11.1. The van der Waals surface area contributed by atoms with Crippen molar-refractivity contribution in [3.63, 3.8) is 0 Å². The highest BCUT2D eigenvalue weighted by Gasteiger charge is 1.90. The normalized spacial score (nSPS) is 14.7. The number of hydrogen-bond acceptors (Lipinski definition) is 5. The maximum absolute atomic E-state index is 5.19. The summed E-state index contributed by atoms with van der Waals surface area (Å²) in [5.74, 6) is 0. The lowest BCUT2D eigenvalue weighted by Gasteiger charge is -2.04. The molecule has 0 aromatic rings. The first-order chi connectivity index (χ1) is 5.41. The molecule has 11 heavy (non-hydrogen) atoms. The van der Waals surface area contributed by atoms with Crippen molar-refractivity contribution in [1.29, 1.82) is 0 Å². The monoisotopic (exact) mass is 260 g/mol. The average Bonchev–Trinajstić information content (AvgIpc) is 2.03. The van der Waals surface area contributed by atoms with Crippen LogP contribution in [0.2, 0.25) is 0 Å². The predicted octanol–water partition coefficient (Wildman–Crippen LogP) is -5.84. The Balaban J connectivity index is 2.69. The summed E-state index contributed by atoms with van der Waals surface area (Å²) in [5, 5.41) is 0. The van der Waals surface area contributed by atoms with Crippen LogP contribution in [0.25, 0.3) is 0 Å². The number of rotatable bonds is 8. The highest BCUT2D eigenvalue weighted by Crippen LogP contribution is 1.72. The van der Waals surface area contributed by atoms with Crippen LogP contribution in [-0.2, 0) is 20.6 Å². The molecule has 0 aliphatic carbocycles. The van der Waals surface area contributed by atoms with Crippen LogP contribution >= 0.6 is 0 Å². The van der Waals surface area contributed by atoms with Gasteiger partial charge in [0, 0.05) is 0 Å². The van der Waals surface area contributed by atoms with Crippen molar-refractivity contribution in [3.05, 3.63) is 0 Å². The molecule has 0 saturated carbocycles. The summed E-state index contributed by atoms with van der Waals surface area (Å²) in [6.07, 6.45) is 0. The standard InChI is InChI=1S/H12O5Si6/c6-1-8-3-10-5-11-4-9-2-7/h6-11H2. The lowest BCUT2D eigenvalue weighted by molar-refractivity contribution is 0.391. The lowest BCUT2D eigenvalue weighted by Crippen LogP contribution is -2.16. The second-order valence-electron chi connectivity index (χ2n) is 1.49. The van der Waals surface area contributed by atoms with Gasteiger partial charge < -0.3 is 20.6 Å². The zero-order chi connectivity index (χ0) is 8.36. The van der Waals surface area contributed by atoms with Crippen LogP contribution < -0.4 is 0 Å². The first kappa shape index (κ1) is 12.1. The second-order valence-corrected chi connectivity index (χ2v) is 10.6. The van der Waals surface area contributed by atoms with E-state index in [-0.39, 0.29) is 0 Å². The Labute approximate surface area is 81.8 Å². The Morgan fingerprint density at radius 3 is 1.36 bits per heavy atom. The van der Waals surface area contributed by atoms with Gasteiger partial charge in [-0.25, -0.2) is 0 Å². The van der Waals surface area contributed by atoms with Crippen molar-refractivity contribution < 1.29 is 20.6 Å². The first-order valence-electron chi connectivity index (χ1n) is 2.89. The molecule has 0 saturated heterocycles. The summed E-state index contributed by atoms with van der Waals surface area (Å²) >= 11 is 0. The minimum atomic E-state index is -0.781. The van der Waals surface area contributed by atoms with Gasteiger partial charge in [0.25, 0.3) is 40.0 Å². The maximum atomic E-state index is 5.19. The van der Waals surface area contributed by atoms with Gasteiger partial charge in [0.1, 0.15) is 0 Å². The van der Waals surface area contributed by atoms with Crippen LogP contribution in [0, 0.1) is 0 Å². The highest BCUT2D eigenvalue weighted by molar-refractivity contribution is 6.46. The molecule has 11 heteroatoms. The van der Waals surface area contributed by atoms with Crippen molar-refractivity contribution in [1.82, 2.24) is 0 Å². The molecule has 0 aliphatic rings. The van der Waals surface area contributed by atoms with E-state index in [9.17, 15) is 0 Å². The van der Waals surface area contributed by atoms with Gasteiger partial charge in [-0.15, -0.1) is 0 Å². The van der Waals surface area contributed by atoms with E-state index in [1.807, 2.05) is 0 Å². The predicted molar refractivity (Wildman–Crippen MR) is 56.7 cm³/mol. The topological polar surface area (TPSA) is 46.2 Å². The van der Waals surface area contributed by atoms with Gasteiger partial charge >= 0.3 is 0 Å². The highest BCUT2D eigenvalue weighted by atomic mass is 28.4. The van der Waals surface area contributed by atoms with Crippen molar-refractivity contribution in [2.45, 2.75) is 0 Å². The van der Waals surface area contributed by atoms with Crippen LogP contribution in [-0.4, -0.2) is 61.0 Å². The SMILES string of the molecule is [SiH2]O[SiH2]O[SiH2]O[SiH2]O[SiH2]O[SiH2]. The fourth-order valence-corrected chi connectivity index (χ4v) is 7.28. The summed E-state index contributed by atoms with van der Waals surface area (Å²) in [4.78, 5) is 0. The Bertz CT molecular complexity index is 60.0. The molecule has 5 nitrogen and oxygen atoms in total. The molecule has 0 bridgehead atoms. The van der Waals surface area contributed by atoms with Crippen LogP contribution in [0.5, 0.6) is 0 Å². The average molecular weight is 261 g/mol. The van der Waals surface area contributed by atoms with Gasteiger partial charge in [0.15, 0.2) is 21.0 Å². The van der Waals surface area contributed by atoms with E-state index in [1.54, 1.807) is 0 Å². The van der Waals surface area contributed by atoms with Gasteiger partial charge in [-0.3, -0.25) is 0 Å². The molecule has 66 valence electrons. The Morgan fingerprint density at radius 1 is 0.636 bits per heavy atom. The van der Waals surface area contributed by atoms with Crippen LogP contribution in [0.4, 0.5) is 0 Å². The van der Waals surface area contributed by atoms with E-state index in [4.69, 9.17) is 20.6 Å². The molecule has 0 aromatic heterocycles. The second kappa shape index (κ2) is 11.1. The van der Waals surface area contributed by atoms with Gasteiger partial charge in [-0.05, 0) is 0 Å². The molecular formula is H12O5Si6. The van der Waals surface area contributed by atoms with E-state index in [0.717, 1.165) is 0 Å². The minimum Gasteiger partial charge on any atom is -0.447 e. The zero-order valence-electron chi connectivity index (χ0n) is 6.28. The van der Waals surface area contributed by atoms with E-state index in [2.05, 4.69) is 0 Å². The smallest absolute Gasteiger partial charge is 0.286 e. The van der Waals surface area contributed by atoms with E-state index in [1.165, 1.54) is 21.0 Å². The summed E-state index contributed by atoms with van der Waals surface area (Å²) in [6.45, 7) is 0. The minimum absolute atomic E-state index is 0.721. The first-order valence-corrected chi connectivity index (χ1v) is 8.66. The van der Waals surface area contributed by atoms with Crippen LogP contribution in [0.1, 0.15) is 0 Å². The molecule has 0 N–H and O–H groups in total. The van der Waals surface area contributed by atoms with Gasteiger partial charge in [-0.1, -0.05) is 0 Å². The molecule has 0 rings (SSSR count). The molecule has 0 spiro atoms. The lowest BCUT2D eigenvalue weighted by atomic mass is 15.7. The Kier molecular flexibility index (Phi) is 12.2. The molecule has 0 heterocycles. The fourth-order valence-electron chi connectivity index (χ4n) is 0.338. The quantitative estimate of drug-likeness (QED) is 0.321. The van der Waals surface area contributed by atoms with Gasteiger partial charge in [0.05, 0.1) is 0 Å². The molecule has 0 fully saturated rings. The summed E-state index contributed by atoms with van der Waals surface area (Å²) in [5.41, 5.74) is 0. The summed E-state index contributed by atoms with van der Waals surface area (Å²) < 4.78 is 25.1.